The average Bonchev–Trinajstić information content (AvgIpc) is 3.01. The summed E-state index contributed by atoms with van der Waals surface area (Å²) in [5, 5.41) is 0.551. The van der Waals surface area contributed by atoms with Gasteiger partial charge in [-0.25, -0.2) is 0 Å². The Morgan fingerprint density at radius 3 is 2.27 bits per heavy atom. The minimum atomic E-state index is -0.477. The number of carbonyl (C=O) groups excluding carboxylic acids is 1. The summed E-state index contributed by atoms with van der Waals surface area (Å²) in [5.41, 5.74) is 4.54. The molecule has 30 heavy (non-hydrogen) atoms. The van der Waals surface area contributed by atoms with Crippen LogP contribution in [0.1, 0.15) is 44.4 Å². The first-order chi connectivity index (χ1) is 14.5. The number of hydrogen-bond acceptors (Lipinski definition) is 3. The molecule has 1 atom stereocenters. The van der Waals surface area contributed by atoms with Crippen LogP contribution in [0, 0.1) is 13.8 Å². The van der Waals surface area contributed by atoms with E-state index in [0.717, 1.165) is 22.3 Å². The maximum atomic E-state index is 13.6. The van der Waals surface area contributed by atoms with E-state index in [-0.39, 0.29) is 17.1 Å². The van der Waals surface area contributed by atoms with Gasteiger partial charge in [-0.1, -0.05) is 66.7 Å². The minimum Gasteiger partial charge on any atom is -0.450 e. The van der Waals surface area contributed by atoms with E-state index >= 15 is 0 Å². The molecule has 0 radical (unpaired) electrons. The van der Waals surface area contributed by atoms with Crippen LogP contribution < -0.4 is 5.43 Å². The second kappa shape index (κ2) is 6.99. The molecule has 2 heterocycles. The Morgan fingerprint density at radius 2 is 1.57 bits per heavy atom. The molecule has 1 aliphatic rings. The Bertz CT molecular complexity index is 1320. The molecule has 4 nitrogen and oxygen atoms in total. The first-order valence-electron chi connectivity index (χ1n) is 10.0. The molecule has 3 aromatic carbocycles. The Balaban J connectivity index is 1.77. The molecule has 0 saturated carbocycles. The molecule has 1 aliphatic heterocycles. The summed E-state index contributed by atoms with van der Waals surface area (Å²) in [7, 11) is 0. The fraction of sp³-hybridized carbons (Fsp3) is 0.154. The van der Waals surface area contributed by atoms with Crippen LogP contribution in [-0.4, -0.2) is 10.8 Å². The molecule has 4 aromatic rings. The van der Waals surface area contributed by atoms with Crippen molar-refractivity contribution in [1.29, 1.82) is 0 Å². The molecule has 148 valence electrons. The number of amides is 1. The van der Waals surface area contributed by atoms with Crippen molar-refractivity contribution in [2.45, 2.75) is 26.4 Å². The molecule has 4 heteroatoms. The van der Waals surface area contributed by atoms with Gasteiger partial charge < -0.3 is 9.32 Å². The van der Waals surface area contributed by atoms with E-state index in [1.807, 2.05) is 86.6 Å². The minimum absolute atomic E-state index is 0.124. The van der Waals surface area contributed by atoms with Crippen LogP contribution in [0.5, 0.6) is 0 Å². The number of fused-ring (bicyclic) bond motifs is 2. The van der Waals surface area contributed by atoms with E-state index < -0.39 is 6.04 Å². The summed E-state index contributed by atoms with van der Waals surface area (Å²) >= 11 is 0. The van der Waals surface area contributed by atoms with Gasteiger partial charge in [0, 0.05) is 6.54 Å². The summed E-state index contributed by atoms with van der Waals surface area (Å²) < 4.78 is 6.09. The van der Waals surface area contributed by atoms with Crippen molar-refractivity contribution in [2.75, 3.05) is 0 Å². The van der Waals surface area contributed by atoms with E-state index in [1.54, 1.807) is 4.90 Å². The zero-order valence-electron chi connectivity index (χ0n) is 16.9. The lowest BCUT2D eigenvalue weighted by atomic mass is 9.97. The topological polar surface area (TPSA) is 50.5 Å². The molecule has 5 rings (SSSR count). The lowest BCUT2D eigenvalue weighted by Gasteiger charge is -2.25. The second-order valence-electron chi connectivity index (χ2n) is 7.86. The van der Waals surface area contributed by atoms with Gasteiger partial charge in [-0.05, 0) is 42.2 Å². The van der Waals surface area contributed by atoms with E-state index in [4.69, 9.17) is 4.42 Å². The summed E-state index contributed by atoms with van der Waals surface area (Å²) in [5.74, 6) is -0.0943. The van der Waals surface area contributed by atoms with Gasteiger partial charge in [-0.3, -0.25) is 9.59 Å². The monoisotopic (exact) mass is 395 g/mol. The Hall–Kier alpha value is -3.66. The lowest BCUT2D eigenvalue weighted by molar-refractivity contribution is 0.0714. The molecule has 0 N–H and O–H groups in total. The number of rotatable bonds is 3. The maximum absolute atomic E-state index is 13.6. The number of nitrogens with zero attached hydrogens (tertiary/aromatic N) is 1. The van der Waals surface area contributed by atoms with E-state index in [1.165, 1.54) is 0 Å². The van der Waals surface area contributed by atoms with E-state index in [2.05, 4.69) is 0 Å². The van der Waals surface area contributed by atoms with Gasteiger partial charge in [-0.2, -0.15) is 0 Å². The van der Waals surface area contributed by atoms with Crippen LogP contribution in [-0.2, 0) is 6.54 Å². The summed E-state index contributed by atoms with van der Waals surface area (Å²) in [6.45, 7) is 4.27. The molecule has 0 bridgehead atoms. The number of carbonyl (C=O) groups is 1. The van der Waals surface area contributed by atoms with Gasteiger partial charge >= 0.3 is 0 Å². The highest BCUT2D eigenvalue weighted by molar-refractivity contribution is 5.99. The van der Waals surface area contributed by atoms with Crippen LogP contribution in [0.2, 0.25) is 0 Å². The number of benzene rings is 3. The lowest BCUT2D eigenvalue weighted by Crippen LogP contribution is -2.29. The molecule has 0 aliphatic carbocycles. The molecular formula is C26H21NO3. The van der Waals surface area contributed by atoms with E-state index in [9.17, 15) is 9.59 Å². The van der Waals surface area contributed by atoms with Crippen LogP contribution in [0.4, 0.5) is 0 Å². The highest BCUT2D eigenvalue weighted by Crippen LogP contribution is 2.39. The fourth-order valence-corrected chi connectivity index (χ4v) is 4.44. The van der Waals surface area contributed by atoms with Gasteiger partial charge in [0.2, 0.25) is 5.76 Å². The first-order valence-corrected chi connectivity index (χ1v) is 10.0. The average molecular weight is 395 g/mol. The van der Waals surface area contributed by atoms with Crippen molar-refractivity contribution >= 4 is 16.9 Å². The van der Waals surface area contributed by atoms with Crippen molar-refractivity contribution in [3.05, 3.63) is 117 Å². The van der Waals surface area contributed by atoms with Crippen LogP contribution in [0.3, 0.4) is 0 Å². The highest BCUT2D eigenvalue weighted by Gasteiger charge is 2.42. The summed E-state index contributed by atoms with van der Waals surface area (Å²) in [6.07, 6.45) is 0. The van der Waals surface area contributed by atoms with Gasteiger partial charge in [0.15, 0.2) is 5.43 Å². The van der Waals surface area contributed by atoms with Crippen molar-refractivity contribution in [3.8, 4) is 0 Å². The third kappa shape index (κ3) is 2.84. The van der Waals surface area contributed by atoms with Gasteiger partial charge in [0.25, 0.3) is 5.91 Å². The highest BCUT2D eigenvalue weighted by atomic mass is 16.3. The third-order valence-corrected chi connectivity index (χ3v) is 5.72. The Morgan fingerprint density at radius 1 is 0.900 bits per heavy atom. The smallest absolute Gasteiger partial charge is 0.291 e. The fourth-order valence-electron chi connectivity index (χ4n) is 4.44. The van der Waals surface area contributed by atoms with E-state index in [0.29, 0.717) is 23.1 Å². The first kappa shape index (κ1) is 18.4. The zero-order chi connectivity index (χ0) is 20.8. The second-order valence-corrected chi connectivity index (χ2v) is 7.86. The summed E-state index contributed by atoms with van der Waals surface area (Å²) in [4.78, 5) is 28.8. The molecule has 0 saturated heterocycles. The molecule has 1 amide bonds. The molecule has 1 aromatic heterocycles. The number of hydrogen-bond donors (Lipinski definition) is 0. The predicted molar refractivity (Wildman–Crippen MR) is 117 cm³/mol. The van der Waals surface area contributed by atoms with Crippen molar-refractivity contribution in [3.63, 3.8) is 0 Å². The van der Waals surface area contributed by atoms with Gasteiger partial charge in [0.1, 0.15) is 5.58 Å². The quantitative estimate of drug-likeness (QED) is 0.482. The SMILES string of the molecule is Cc1cc(C)c2c(=O)c3c(oc2c1)C(=O)N(Cc1ccccc1)C3c1ccccc1. The van der Waals surface area contributed by atoms with Gasteiger partial charge in [-0.15, -0.1) is 0 Å². The predicted octanol–water partition coefficient (Wildman–Crippen LogP) is 5.16. The van der Waals surface area contributed by atoms with Gasteiger partial charge in [0.05, 0.1) is 17.0 Å². The number of aryl methyl sites for hydroxylation is 2. The molecular weight excluding hydrogens is 374 g/mol. The van der Waals surface area contributed by atoms with Crippen LogP contribution in [0.15, 0.2) is 82.0 Å². The summed E-state index contributed by atoms with van der Waals surface area (Å²) in [6, 6.07) is 22.8. The molecule has 1 unspecified atom stereocenters. The molecule has 0 fully saturated rings. The van der Waals surface area contributed by atoms with Crippen molar-refractivity contribution < 1.29 is 9.21 Å². The van der Waals surface area contributed by atoms with Crippen LogP contribution in [0.25, 0.3) is 11.0 Å². The van der Waals surface area contributed by atoms with Crippen molar-refractivity contribution in [2.24, 2.45) is 0 Å². The Kier molecular flexibility index (Phi) is 4.28. The standard InChI is InChI=1S/C26H21NO3/c1-16-13-17(2)21-20(14-16)30-25-22(24(21)28)23(19-11-7-4-8-12-19)27(26(25)29)15-18-9-5-3-6-10-18/h3-14,23H,15H2,1-2H3. The Labute approximate surface area is 174 Å². The van der Waals surface area contributed by atoms with Crippen LogP contribution >= 0.6 is 0 Å². The van der Waals surface area contributed by atoms with Crippen molar-refractivity contribution in [1.82, 2.24) is 4.90 Å². The third-order valence-electron chi connectivity index (χ3n) is 5.72. The largest absolute Gasteiger partial charge is 0.450 e. The zero-order valence-corrected chi connectivity index (χ0v) is 16.9. The normalized spacial score (nSPS) is 15.6. The maximum Gasteiger partial charge on any atom is 0.291 e. The molecule has 0 spiro atoms.